The minimum atomic E-state index is -4.52. The van der Waals surface area contributed by atoms with Crippen LogP contribution in [-0.4, -0.2) is 68.5 Å². The van der Waals surface area contributed by atoms with Crippen molar-refractivity contribution in [3.63, 3.8) is 0 Å². The first-order valence-corrected chi connectivity index (χ1v) is 15.5. The number of phosphoric ester groups is 1. The lowest BCUT2D eigenvalue weighted by molar-refractivity contribution is -0.870. The van der Waals surface area contributed by atoms with Gasteiger partial charge >= 0.3 is 0 Å². The van der Waals surface area contributed by atoms with Gasteiger partial charge in [0, 0.05) is 6.92 Å². The molecule has 2 N–H and O–H groups in total. The van der Waals surface area contributed by atoms with Crippen LogP contribution in [-0.2, 0) is 18.4 Å². The first kappa shape index (κ1) is 35.2. The van der Waals surface area contributed by atoms with Crippen molar-refractivity contribution < 1.29 is 32.9 Å². The molecule has 0 aromatic carbocycles. The monoisotopic (exact) mass is 534 g/mol. The normalized spacial score (nSPS) is 15.6. The van der Waals surface area contributed by atoms with E-state index in [1.807, 2.05) is 27.2 Å². The molecule has 0 aliphatic rings. The van der Waals surface area contributed by atoms with Crippen LogP contribution in [0.1, 0.15) is 104 Å². The Hall–Kier alpha value is -0.760. The van der Waals surface area contributed by atoms with Crippen LogP contribution in [0, 0.1) is 0 Å². The van der Waals surface area contributed by atoms with Crippen LogP contribution in [0.4, 0.5) is 0 Å². The average Bonchev–Trinajstić information content (AvgIpc) is 2.77. The van der Waals surface area contributed by atoms with Gasteiger partial charge in [0.25, 0.3) is 7.82 Å². The number of nitrogens with one attached hydrogen (secondary N) is 1. The van der Waals surface area contributed by atoms with E-state index in [1.165, 1.54) is 77.6 Å². The third kappa shape index (κ3) is 23.6. The summed E-state index contributed by atoms with van der Waals surface area (Å²) < 4.78 is 22.4. The van der Waals surface area contributed by atoms with E-state index in [9.17, 15) is 19.4 Å². The van der Waals surface area contributed by atoms with Gasteiger partial charge in [0.05, 0.1) is 39.9 Å². The zero-order valence-corrected chi connectivity index (χ0v) is 24.6. The smallest absolute Gasteiger partial charge is 0.268 e. The molecule has 3 unspecified atom stereocenters. The molecule has 0 spiro atoms. The highest BCUT2D eigenvalue weighted by Gasteiger charge is 2.22. The maximum Gasteiger partial charge on any atom is 0.268 e. The molecule has 3 atom stereocenters. The Morgan fingerprint density at radius 1 is 0.944 bits per heavy atom. The second kappa shape index (κ2) is 21.2. The van der Waals surface area contributed by atoms with E-state index in [0.29, 0.717) is 11.0 Å². The Balaban J connectivity index is 4.06. The molecule has 0 heterocycles. The molecule has 0 aliphatic heterocycles. The number of hydrogen-bond donors (Lipinski definition) is 2. The molecule has 0 saturated carbocycles. The predicted octanol–water partition coefficient (Wildman–Crippen LogP) is 5.10. The Morgan fingerprint density at radius 3 is 1.92 bits per heavy atom. The molecule has 8 nitrogen and oxygen atoms in total. The zero-order valence-electron chi connectivity index (χ0n) is 23.7. The highest BCUT2D eigenvalue weighted by molar-refractivity contribution is 7.45. The minimum Gasteiger partial charge on any atom is -0.756 e. The Kier molecular flexibility index (Phi) is 20.8. The van der Waals surface area contributed by atoms with E-state index in [2.05, 4.69) is 12.2 Å². The molecule has 1 amide bonds. The zero-order chi connectivity index (χ0) is 27.3. The van der Waals surface area contributed by atoms with E-state index < -0.39 is 26.6 Å². The van der Waals surface area contributed by atoms with Crippen LogP contribution < -0.4 is 10.2 Å². The highest BCUT2D eigenvalue weighted by atomic mass is 31.2. The number of nitrogens with zero attached hydrogens (tertiary/aromatic N) is 1. The van der Waals surface area contributed by atoms with Crippen molar-refractivity contribution >= 4 is 13.7 Å². The number of aliphatic hydroxyl groups is 1. The largest absolute Gasteiger partial charge is 0.756 e. The van der Waals surface area contributed by atoms with Gasteiger partial charge in [-0.2, -0.15) is 0 Å². The molecule has 0 saturated heterocycles. The molecule has 0 aromatic rings. The number of carbonyl (C=O) groups is 1. The van der Waals surface area contributed by atoms with Gasteiger partial charge in [0.15, 0.2) is 0 Å². The van der Waals surface area contributed by atoms with Gasteiger partial charge in [-0.25, -0.2) is 0 Å². The van der Waals surface area contributed by atoms with Crippen molar-refractivity contribution in [3.8, 4) is 0 Å². The summed E-state index contributed by atoms with van der Waals surface area (Å²) in [6.45, 7) is 3.66. The summed E-state index contributed by atoms with van der Waals surface area (Å²) in [6.07, 6.45) is 20.2. The molecular weight excluding hydrogens is 479 g/mol. The quantitative estimate of drug-likeness (QED) is 0.0772. The summed E-state index contributed by atoms with van der Waals surface area (Å²) in [5, 5.41) is 13.0. The minimum absolute atomic E-state index is 0.00331. The molecular formula is C27H55N2O6P. The van der Waals surface area contributed by atoms with E-state index in [1.54, 1.807) is 6.08 Å². The first-order valence-electron chi connectivity index (χ1n) is 14.0. The molecule has 0 radical (unpaired) electrons. The van der Waals surface area contributed by atoms with Crippen molar-refractivity contribution in [3.05, 3.63) is 12.2 Å². The van der Waals surface area contributed by atoms with Crippen LogP contribution in [0.25, 0.3) is 0 Å². The maximum absolute atomic E-state index is 12.0. The standard InChI is InChI=1S/C27H55N2O6P/c1-6-7-8-9-10-11-12-13-14-15-16-17-18-19-20-21-27(31)26(28-25(2)30)24-35-36(32,33)34-23-22-29(3,4)5/h20-21,26-27,31H,6-19,22-24H2,1-5H3,(H-,28,30,32,33)/b21-20+. The van der Waals surface area contributed by atoms with Gasteiger partial charge < -0.3 is 28.8 Å². The molecule has 0 rings (SSSR count). The number of quaternary nitrogens is 1. The van der Waals surface area contributed by atoms with E-state index >= 15 is 0 Å². The second-order valence-electron chi connectivity index (χ2n) is 10.8. The number of unbranched alkanes of at least 4 members (excludes halogenated alkanes) is 13. The van der Waals surface area contributed by atoms with Crippen LogP contribution in [0.3, 0.4) is 0 Å². The number of amides is 1. The Morgan fingerprint density at radius 2 is 1.44 bits per heavy atom. The van der Waals surface area contributed by atoms with Crippen molar-refractivity contribution in [2.45, 2.75) is 116 Å². The summed E-state index contributed by atoms with van der Waals surface area (Å²) in [5.41, 5.74) is 0. The van der Waals surface area contributed by atoms with Gasteiger partial charge in [-0.3, -0.25) is 9.36 Å². The fourth-order valence-electron chi connectivity index (χ4n) is 3.77. The molecule has 9 heteroatoms. The third-order valence-corrected chi connectivity index (χ3v) is 7.00. The van der Waals surface area contributed by atoms with Gasteiger partial charge in [-0.05, 0) is 12.8 Å². The first-order chi connectivity index (χ1) is 17.0. The van der Waals surface area contributed by atoms with Gasteiger partial charge in [0.2, 0.25) is 5.91 Å². The molecule has 0 aromatic heterocycles. The van der Waals surface area contributed by atoms with Crippen molar-refractivity contribution in [2.24, 2.45) is 0 Å². The third-order valence-electron chi connectivity index (χ3n) is 6.03. The lowest BCUT2D eigenvalue weighted by Crippen LogP contribution is -2.45. The van der Waals surface area contributed by atoms with Crippen molar-refractivity contribution in [1.82, 2.24) is 5.32 Å². The lowest BCUT2D eigenvalue weighted by atomic mass is 10.0. The number of carbonyl (C=O) groups excluding carboxylic acids is 1. The molecule has 214 valence electrons. The summed E-state index contributed by atoms with van der Waals surface area (Å²) in [6, 6.07) is -0.880. The molecule has 36 heavy (non-hydrogen) atoms. The van der Waals surface area contributed by atoms with Gasteiger partial charge in [0.1, 0.15) is 13.2 Å². The van der Waals surface area contributed by atoms with E-state index in [-0.39, 0.29) is 12.5 Å². The number of hydrogen-bond acceptors (Lipinski definition) is 6. The Bertz CT molecular complexity index is 624. The van der Waals surface area contributed by atoms with Crippen LogP contribution >= 0.6 is 7.82 Å². The Labute approximate surface area is 221 Å². The van der Waals surface area contributed by atoms with Gasteiger partial charge in [-0.15, -0.1) is 0 Å². The van der Waals surface area contributed by atoms with Crippen molar-refractivity contribution in [1.29, 1.82) is 0 Å². The fraction of sp³-hybridized carbons (Fsp3) is 0.889. The van der Waals surface area contributed by atoms with Crippen LogP contribution in [0.2, 0.25) is 0 Å². The van der Waals surface area contributed by atoms with Crippen molar-refractivity contribution in [2.75, 3.05) is 40.9 Å². The fourth-order valence-corrected chi connectivity index (χ4v) is 4.49. The second-order valence-corrected chi connectivity index (χ2v) is 12.3. The number of phosphoric acid groups is 1. The number of rotatable bonds is 24. The predicted molar refractivity (Wildman–Crippen MR) is 145 cm³/mol. The molecule has 0 fully saturated rings. The van der Waals surface area contributed by atoms with E-state index in [4.69, 9.17) is 9.05 Å². The SMILES string of the molecule is CCCCCCCCCCCCCCC/C=C/C(O)C(COP(=O)([O-])OCC[N+](C)(C)C)NC(C)=O. The van der Waals surface area contributed by atoms with Crippen LogP contribution in [0.15, 0.2) is 12.2 Å². The highest BCUT2D eigenvalue weighted by Crippen LogP contribution is 2.38. The summed E-state index contributed by atoms with van der Waals surface area (Å²) in [4.78, 5) is 23.5. The summed E-state index contributed by atoms with van der Waals surface area (Å²) >= 11 is 0. The van der Waals surface area contributed by atoms with Crippen LogP contribution in [0.5, 0.6) is 0 Å². The lowest BCUT2D eigenvalue weighted by Gasteiger charge is -2.29. The topological polar surface area (TPSA) is 108 Å². The summed E-state index contributed by atoms with van der Waals surface area (Å²) in [5.74, 6) is -0.376. The number of aliphatic hydroxyl groups excluding tert-OH is 1. The number of likely N-dealkylation sites (N-methyl/N-ethyl adjacent to an activating group) is 1. The number of allylic oxidation sites excluding steroid dienone is 1. The average molecular weight is 535 g/mol. The molecule has 0 bridgehead atoms. The van der Waals surface area contributed by atoms with E-state index in [0.717, 1.165) is 19.3 Å². The van der Waals surface area contributed by atoms with Gasteiger partial charge in [-0.1, -0.05) is 96.1 Å². The maximum atomic E-state index is 12.0. The molecule has 0 aliphatic carbocycles. The summed E-state index contributed by atoms with van der Waals surface area (Å²) in [7, 11) is 1.25.